The van der Waals surface area contributed by atoms with Crippen LogP contribution in [0.25, 0.3) is 0 Å². The van der Waals surface area contributed by atoms with Gasteiger partial charge in [-0.3, -0.25) is 9.59 Å². The molecule has 0 aliphatic carbocycles. The molecule has 0 rings (SSSR count). The fourth-order valence-corrected chi connectivity index (χ4v) is 1.51. The number of rotatable bonds is 6. The molecule has 6 heteroatoms. The highest BCUT2D eigenvalue weighted by Gasteiger charge is 2.22. The monoisotopic (exact) mass is 243 g/mol. The Kier molecular flexibility index (Phi) is 7.38. The van der Waals surface area contributed by atoms with Crippen LogP contribution in [0.5, 0.6) is 0 Å². The summed E-state index contributed by atoms with van der Waals surface area (Å²) in [6.07, 6.45) is 0.291. The summed E-state index contributed by atoms with van der Waals surface area (Å²) in [5.41, 5.74) is 0. The minimum absolute atomic E-state index is 0.192. The number of amides is 2. The van der Waals surface area contributed by atoms with Crippen molar-refractivity contribution >= 4 is 24.4 Å². The van der Waals surface area contributed by atoms with Gasteiger partial charge in [0.2, 0.25) is 11.8 Å². The van der Waals surface area contributed by atoms with Crippen LogP contribution in [0, 0.1) is 11.3 Å². The van der Waals surface area contributed by atoms with Crippen LogP contribution < -0.4 is 5.32 Å². The zero-order valence-corrected chi connectivity index (χ0v) is 10.5. The van der Waals surface area contributed by atoms with Gasteiger partial charge in [0.25, 0.3) is 0 Å². The second-order valence-electron chi connectivity index (χ2n) is 3.26. The maximum absolute atomic E-state index is 11.9. The third-order valence-corrected chi connectivity index (χ3v) is 2.41. The first kappa shape index (κ1) is 14.8. The van der Waals surface area contributed by atoms with Crippen LogP contribution >= 0.6 is 12.6 Å². The summed E-state index contributed by atoms with van der Waals surface area (Å²) in [5.74, 6) is -0.201. The molecule has 2 amide bonds. The Hall–Kier alpha value is -1.22. The minimum Gasteiger partial charge on any atom is -0.344 e. The van der Waals surface area contributed by atoms with Crippen molar-refractivity contribution in [3.63, 3.8) is 0 Å². The topological polar surface area (TPSA) is 73.2 Å². The summed E-state index contributed by atoms with van der Waals surface area (Å²) in [6, 6.07) is 1.37. The highest BCUT2D eigenvalue weighted by Crippen LogP contribution is 1.99. The van der Waals surface area contributed by atoms with Crippen molar-refractivity contribution in [3.05, 3.63) is 0 Å². The number of hydrogen-bond donors (Lipinski definition) is 2. The largest absolute Gasteiger partial charge is 0.344 e. The standard InChI is InChI=1S/C10H17N3O2S/c1-3-13(6-4-5-11)10(15)9(7-16)12-8(2)14/h9,16H,3-4,6-7H2,1-2H3,(H,12,14). The average molecular weight is 243 g/mol. The quantitative estimate of drug-likeness (QED) is 0.654. The summed E-state index contributed by atoms with van der Waals surface area (Å²) < 4.78 is 0. The predicted molar refractivity (Wildman–Crippen MR) is 63.9 cm³/mol. The molecule has 0 bridgehead atoms. The van der Waals surface area contributed by atoms with Crippen LogP contribution in [0.15, 0.2) is 0 Å². The Labute approximate surface area is 101 Å². The summed E-state index contributed by atoms with van der Waals surface area (Å²) in [6.45, 7) is 4.09. The molecule has 0 heterocycles. The molecule has 0 aliphatic rings. The van der Waals surface area contributed by atoms with Crippen molar-refractivity contribution in [1.82, 2.24) is 10.2 Å². The van der Waals surface area contributed by atoms with E-state index in [1.54, 1.807) is 4.90 Å². The van der Waals surface area contributed by atoms with Crippen molar-refractivity contribution in [2.24, 2.45) is 0 Å². The summed E-state index contributed by atoms with van der Waals surface area (Å²) >= 11 is 4.03. The van der Waals surface area contributed by atoms with Gasteiger partial charge >= 0.3 is 0 Å². The van der Waals surface area contributed by atoms with E-state index < -0.39 is 6.04 Å². The van der Waals surface area contributed by atoms with Crippen LogP contribution in [0.1, 0.15) is 20.3 Å². The van der Waals surface area contributed by atoms with Gasteiger partial charge in [-0.25, -0.2) is 0 Å². The van der Waals surface area contributed by atoms with Crippen molar-refractivity contribution in [1.29, 1.82) is 5.26 Å². The molecule has 0 radical (unpaired) electrons. The molecule has 0 aromatic rings. The third kappa shape index (κ3) is 5.03. The number of likely N-dealkylation sites (N-methyl/N-ethyl adjacent to an activating group) is 1. The maximum Gasteiger partial charge on any atom is 0.246 e. The van der Waals surface area contributed by atoms with Crippen LogP contribution in [0.2, 0.25) is 0 Å². The lowest BCUT2D eigenvalue weighted by Crippen LogP contribution is -2.49. The van der Waals surface area contributed by atoms with E-state index in [1.165, 1.54) is 6.92 Å². The molecule has 0 saturated carbocycles. The summed E-state index contributed by atoms with van der Waals surface area (Å²) in [7, 11) is 0. The van der Waals surface area contributed by atoms with Crippen molar-refractivity contribution in [2.75, 3.05) is 18.8 Å². The van der Waals surface area contributed by atoms with Gasteiger partial charge in [0, 0.05) is 25.8 Å². The van der Waals surface area contributed by atoms with Gasteiger partial charge in [-0.1, -0.05) is 0 Å². The normalized spacial score (nSPS) is 11.4. The molecular weight excluding hydrogens is 226 g/mol. The Bertz CT molecular complexity index is 288. The second kappa shape index (κ2) is 7.99. The van der Waals surface area contributed by atoms with Crippen molar-refractivity contribution < 1.29 is 9.59 Å². The Balaban J connectivity index is 4.44. The maximum atomic E-state index is 11.9. The smallest absolute Gasteiger partial charge is 0.246 e. The second-order valence-corrected chi connectivity index (χ2v) is 3.63. The van der Waals surface area contributed by atoms with E-state index in [0.29, 0.717) is 19.5 Å². The molecule has 90 valence electrons. The van der Waals surface area contributed by atoms with Gasteiger partial charge in [-0.15, -0.1) is 0 Å². The van der Waals surface area contributed by atoms with E-state index in [1.807, 2.05) is 13.0 Å². The molecule has 0 spiro atoms. The van der Waals surface area contributed by atoms with E-state index in [-0.39, 0.29) is 17.6 Å². The molecule has 1 unspecified atom stereocenters. The van der Waals surface area contributed by atoms with Gasteiger partial charge in [0.1, 0.15) is 6.04 Å². The van der Waals surface area contributed by atoms with Crippen molar-refractivity contribution in [3.8, 4) is 6.07 Å². The first-order valence-corrected chi connectivity index (χ1v) is 5.73. The SMILES string of the molecule is CCN(CCC#N)C(=O)C(CS)NC(C)=O. The predicted octanol–water partition coefficient (Wildman–Crippen LogP) is 0.183. The first-order chi connectivity index (χ1) is 7.56. The van der Waals surface area contributed by atoms with Crippen LogP contribution in [0.3, 0.4) is 0 Å². The van der Waals surface area contributed by atoms with Gasteiger partial charge in [0.05, 0.1) is 12.5 Å². The fourth-order valence-electron chi connectivity index (χ4n) is 1.26. The summed E-state index contributed by atoms with van der Waals surface area (Å²) in [4.78, 5) is 24.3. The fraction of sp³-hybridized carbons (Fsp3) is 0.700. The van der Waals surface area contributed by atoms with Gasteiger partial charge in [-0.2, -0.15) is 17.9 Å². The average Bonchev–Trinajstić information content (AvgIpc) is 2.26. The highest BCUT2D eigenvalue weighted by atomic mass is 32.1. The van der Waals surface area contributed by atoms with Gasteiger partial charge in [0.15, 0.2) is 0 Å². The molecule has 0 aromatic carbocycles. The molecule has 0 aliphatic heterocycles. The molecular formula is C10H17N3O2S. The number of nitrogens with one attached hydrogen (secondary N) is 1. The molecule has 0 saturated heterocycles. The van der Waals surface area contributed by atoms with E-state index in [4.69, 9.17) is 5.26 Å². The van der Waals surface area contributed by atoms with Crippen molar-refractivity contribution in [2.45, 2.75) is 26.3 Å². The zero-order chi connectivity index (χ0) is 12.6. The number of nitriles is 1. The first-order valence-electron chi connectivity index (χ1n) is 5.10. The van der Waals surface area contributed by atoms with Crippen LogP contribution in [0.4, 0.5) is 0 Å². The number of carbonyl (C=O) groups excluding carboxylic acids is 2. The minimum atomic E-state index is -0.612. The van der Waals surface area contributed by atoms with E-state index in [2.05, 4.69) is 17.9 Å². The highest BCUT2D eigenvalue weighted by molar-refractivity contribution is 7.80. The lowest BCUT2D eigenvalue weighted by molar-refractivity contribution is -0.135. The van der Waals surface area contributed by atoms with Gasteiger partial charge in [-0.05, 0) is 6.92 Å². The lowest BCUT2D eigenvalue weighted by atomic mass is 10.2. The van der Waals surface area contributed by atoms with E-state index in [0.717, 1.165) is 0 Å². The molecule has 0 fully saturated rings. The Morgan fingerprint density at radius 2 is 2.19 bits per heavy atom. The summed E-state index contributed by atoms with van der Waals surface area (Å²) in [5, 5.41) is 11.0. The molecule has 1 N–H and O–H groups in total. The van der Waals surface area contributed by atoms with Gasteiger partial charge < -0.3 is 10.2 Å². The zero-order valence-electron chi connectivity index (χ0n) is 9.56. The Morgan fingerprint density at radius 3 is 2.56 bits per heavy atom. The van der Waals surface area contributed by atoms with E-state index >= 15 is 0 Å². The molecule has 5 nitrogen and oxygen atoms in total. The molecule has 0 aromatic heterocycles. The number of nitrogens with zero attached hydrogens (tertiary/aromatic N) is 2. The molecule has 1 atom stereocenters. The number of thiol groups is 1. The lowest BCUT2D eigenvalue weighted by Gasteiger charge is -2.24. The van der Waals surface area contributed by atoms with Crippen LogP contribution in [-0.2, 0) is 9.59 Å². The van der Waals surface area contributed by atoms with E-state index in [9.17, 15) is 9.59 Å². The number of carbonyl (C=O) groups is 2. The van der Waals surface area contributed by atoms with Crippen LogP contribution in [-0.4, -0.2) is 41.6 Å². The third-order valence-electron chi connectivity index (χ3n) is 2.05. The molecule has 16 heavy (non-hydrogen) atoms. The number of hydrogen-bond acceptors (Lipinski definition) is 4. The Morgan fingerprint density at radius 1 is 1.56 bits per heavy atom.